The fourth-order valence-electron chi connectivity index (χ4n) is 1.89. The van der Waals surface area contributed by atoms with Gasteiger partial charge in [0.25, 0.3) is 0 Å². The summed E-state index contributed by atoms with van der Waals surface area (Å²) in [5.41, 5.74) is 2.51. The number of halogens is 1. The summed E-state index contributed by atoms with van der Waals surface area (Å²) in [6.45, 7) is 9.31. The van der Waals surface area contributed by atoms with E-state index >= 15 is 0 Å². The summed E-state index contributed by atoms with van der Waals surface area (Å²) in [5.74, 6) is 0.531. The number of fused-ring (bicyclic) bond motifs is 1. The lowest BCUT2D eigenvalue weighted by Crippen LogP contribution is -2.33. The predicted molar refractivity (Wildman–Crippen MR) is 71.9 cm³/mol. The highest BCUT2D eigenvalue weighted by Crippen LogP contribution is 2.47. The smallest absolute Gasteiger partial charge is 0.0524 e. The van der Waals surface area contributed by atoms with E-state index in [0.29, 0.717) is 5.88 Å². The van der Waals surface area contributed by atoms with Crippen LogP contribution in [0.15, 0.2) is 41.3 Å². The molecular formula is C13H16ClNS. The highest BCUT2D eigenvalue weighted by molar-refractivity contribution is 7.97. The van der Waals surface area contributed by atoms with E-state index in [-0.39, 0.29) is 5.54 Å². The Morgan fingerprint density at radius 1 is 1.44 bits per heavy atom. The molecule has 0 spiro atoms. The van der Waals surface area contributed by atoms with E-state index in [1.807, 2.05) is 0 Å². The van der Waals surface area contributed by atoms with Crippen molar-refractivity contribution in [3.63, 3.8) is 0 Å². The zero-order valence-corrected chi connectivity index (χ0v) is 11.2. The second-order valence-electron chi connectivity index (χ2n) is 4.57. The molecule has 1 nitrogen and oxygen atoms in total. The van der Waals surface area contributed by atoms with Gasteiger partial charge in [0.15, 0.2) is 0 Å². The SMILES string of the molecule is C=C(CCl)CN1Sc2ccccc2C1(C)C. The lowest BCUT2D eigenvalue weighted by atomic mass is 9.94. The van der Waals surface area contributed by atoms with Crippen LogP contribution in [0, 0.1) is 0 Å². The lowest BCUT2D eigenvalue weighted by Gasteiger charge is -2.31. The summed E-state index contributed by atoms with van der Waals surface area (Å²) < 4.78 is 2.35. The van der Waals surface area contributed by atoms with Gasteiger partial charge in [-0.15, -0.1) is 11.6 Å². The topological polar surface area (TPSA) is 3.24 Å². The minimum atomic E-state index is 0.0518. The summed E-state index contributed by atoms with van der Waals surface area (Å²) in [6, 6.07) is 8.56. The molecule has 3 heteroatoms. The molecule has 16 heavy (non-hydrogen) atoms. The summed E-state index contributed by atoms with van der Waals surface area (Å²) in [4.78, 5) is 1.34. The van der Waals surface area contributed by atoms with Crippen molar-refractivity contribution in [1.29, 1.82) is 0 Å². The molecule has 2 rings (SSSR count). The first-order valence-electron chi connectivity index (χ1n) is 5.33. The van der Waals surface area contributed by atoms with Crippen molar-refractivity contribution in [2.45, 2.75) is 24.3 Å². The van der Waals surface area contributed by atoms with Crippen LogP contribution in [0.4, 0.5) is 0 Å². The maximum absolute atomic E-state index is 5.80. The molecule has 0 saturated carbocycles. The van der Waals surface area contributed by atoms with E-state index in [2.05, 4.69) is 49.0 Å². The van der Waals surface area contributed by atoms with Gasteiger partial charge in [0.05, 0.1) is 5.54 Å². The van der Waals surface area contributed by atoms with Gasteiger partial charge in [-0.05, 0) is 43.0 Å². The molecule has 1 aliphatic heterocycles. The van der Waals surface area contributed by atoms with Gasteiger partial charge >= 0.3 is 0 Å². The van der Waals surface area contributed by atoms with E-state index in [1.54, 1.807) is 11.9 Å². The zero-order valence-electron chi connectivity index (χ0n) is 9.66. The molecular weight excluding hydrogens is 238 g/mol. The van der Waals surface area contributed by atoms with Crippen molar-refractivity contribution in [3.8, 4) is 0 Å². The van der Waals surface area contributed by atoms with Crippen LogP contribution in [0.3, 0.4) is 0 Å². The number of alkyl halides is 1. The molecule has 0 aromatic heterocycles. The number of rotatable bonds is 3. The van der Waals surface area contributed by atoms with Gasteiger partial charge in [0.2, 0.25) is 0 Å². The van der Waals surface area contributed by atoms with Crippen LogP contribution in [0.5, 0.6) is 0 Å². The Balaban J connectivity index is 2.25. The van der Waals surface area contributed by atoms with Gasteiger partial charge in [-0.2, -0.15) is 0 Å². The van der Waals surface area contributed by atoms with Crippen LogP contribution in [0.25, 0.3) is 0 Å². The highest BCUT2D eigenvalue weighted by atomic mass is 35.5. The van der Waals surface area contributed by atoms with Crippen LogP contribution in [-0.2, 0) is 5.54 Å². The molecule has 1 aromatic rings. The summed E-state index contributed by atoms with van der Waals surface area (Å²) >= 11 is 7.60. The van der Waals surface area contributed by atoms with Gasteiger partial charge < -0.3 is 0 Å². The first-order chi connectivity index (χ1) is 7.55. The van der Waals surface area contributed by atoms with Crippen molar-refractivity contribution in [2.24, 2.45) is 0 Å². The van der Waals surface area contributed by atoms with Gasteiger partial charge in [0, 0.05) is 17.3 Å². The highest BCUT2D eigenvalue weighted by Gasteiger charge is 2.37. The fraction of sp³-hybridized carbons (Fsp3) is 0.385. The molecule has 0 fully saturated rings. The van der Waals surface area contributed by atoms with Gasteiger partial charge in [0.1, 0.15) is 0 Å². The second kappa shape index (κ2) is 4.44. The fourth-order valence-corrected chi connectivity index (χ4v) is 3.35. The van der Waals surface area contributed by atoms with Crippen LogP contribution in [0.2, 0.25) is 0 Å². The van der Waals surface area contributed by atoms with Crippen molar-refractivity contribution in [3.05, 3.63) is 42.0 Å². The van der Waals surface area contributed by atoms with Crippen LogP contribution < -0.4 is 0 Å². The van der Waals surface area contributed by atoms with Crippen molar-refractivity contribution in [1.82, 2.24) is 4.31 Å². The zero-order chi connectivity index (χ0) is 11.8. The summed E-state index contributed by atoms with van der Waals surface area (Å²) in [6.07, 6.45) is 0. The van der Waals surface area contributed by atoms with E-state index in [1.165, 1.54) is 10.5 Å². The molecule has 1 heterocycles. The molecule has 0 amide bonds. The first-order valence-corrected chi connectivity index (χ1v) is 6.64. The summed E-state index contributed by atoms with van der Waals surface area (Å²) in [5, 5.41) is 0. The van der Waals surface area contributed by atoms with Gasteiger partial charge in [-0.3, -0.25) is 0 Å². The lowest BCUT2D eigenvalue weighted by molar-refractivity contribution is 0.279. The van der Waals surface area contributed by atoms with Gasteiger partial charge in [-0.25, -0.2) is 4.31 Å². The molecule has 1 aromatic carbocycles. The molecule has 0 bridgehead atoms. The molecule has 0 unspecified atom stereocenters. The second-order valence-corrected chi connectivity index (χ2v) is 5.90. The van der Waals surface area contributed by atoms with Crippen molar-refractivity contribution >= 4 is 23.5 Å². The number of benzene rings is 1. The number of hydrogen-bond acceptors (Lipinski definition) is 2. The molecule has 86 valence electrons. The maximum atomic E-state index is 5.80. The molecule has 0 saturated heterocycles. The minimum Gasteiger partial charge on any atom is -0.232 e. The van der Waals surface area contributed by atoms with Crippen LogP contribution >= 0.6 is 23.5 Å². The largest absolute Gasteiger partial charge is 0.232 e. The van der Waals surface area contributed by atoms with Crippen molar-refractivity contribution < 1.29 is 0 Å². The van der Waals surface area contributed by atoms with Crippen LogP contribution in [-0.4, -0.2) is 16.7 Å². The van der Waals surface area contributed by atoms with E-state index in [9.17, 15) is 0 Å². The molecule has 0 atom stereocenters. The Morgan fingerprint density at radius 3 is 2.75 bits per heavy atom. The molecule has 0 N–H and O–H groups in total. The predicted octanol–water partition coefficient (Wildman–Crippen LogP) is 4.04. The standard InChI is InChI=1S/C13H16ClNS/c1-10(8-14)9-15-13(2,3)11-6-4-5-7-12(11)16-15/h4-7H,1,8-9H2,2-3H3. The average Bonchev–Trinajstić information content (AvgIpc) is 2.52. The quantitative estimate of drug-likeness (QED) is 0.454. The average molecular weight is 254 g/mol. The Hall–Kier alpha value is -0.440. The normalized spacial score (nSPS) is 18.4. The Kier molecular flexibility index (Phi) is 3.34. The number of nitrogens with zero attached hydrogens (tertiary/aromatic N) is 1. The molecule has 0 radical (unpaired) electrons. The Bertz CT molecular complexity index is 414. The third-order valence-electron chi connectivity index (χ3n) is 2.93. The Labute approximate surface area is 107 Å². The van der Waals surface area contributed by atoms with E-state index in [4.69, 9.17) is 11.6 Å². The van der Waals surface area contributed by atoms with E-state index < -0.39 is 0 Å². The first kappa shape index (κ1) is 12.0. The van der Waals surface area contributed by atoms with Crippen molar-refractivity contribution in [2.75, 3.05) is 12.4 Å². The summed E-state index contributed by atoms with van der Waals surface area (Å²) in [7, 11) is 0. The maximum Gasteiger partial charge on any atom is 0.0524 e. The van der Waals surface area contributed by atoms with E-state index in [0.717, 1.165) is 12.1 Å². The molecule has 1 aliphatic rings. The van der Waals surface area contributed by atoms with Gasteiger partial charge in [-0.1, -0.05) is 24.8 Å². The third kappa shape index (κ3) is 2.02. The minimum absolute atomic E-state index is 0.0518. The third-order valence-corrected chi connectivity index (χ3v) is 4.67. The monoisotopic (exact) mass is 253 g/mol. The molecule has 0 aliphatic carbocycles. The van der Waals surface area contributed by atoms with Crippen LogP contribution in [0.1, 0.15) is 19.4 Å². The number of hydrogen-bond donors (Lipinski definition) is 0. The Morgan fingerprint density at radius 2 is 2.12 bits per heavy atom.